The van der Waals surface area contributed by atoms with Crippen LogP contribution in [0.4, 0.5) is 0 Å². The zero-order valence-corrected chi connectivity index (χ0v) is 24.4. The van der Waals surface area contributed by atoms with E-state index in [0.29, 0.717) is 29.5 Å². The van der Waals surface area contributed by atoms with Crippen LogP contribution >= 0.6 is 11.6 Å². The standard InChI is InChI=1S/C29H31ClN2O9S/c1-3-4-5-18-31-28(37)29(2,19-6-10-23(11-7-19)41-25(26(33)34)27(35)36)32-42(38,39)24-16-14-22(15-17-24)40-21-12-8-20(30)9-13-21/h6-17,25,32H,3-5,18H2,1-2H3,(H,31,37)(H,33,34)(H,35,36)/t29-/m0/s1. The number of rotatable bonds is 15. The second-order valence-electron chi connectivity index (χ2n) is 9.42. The number of halogens is 1. The van der Waals surface area contributed by atoms with E-state index in [1.165, 1.54) is 55.5 Å². The van der Waals surface area contributed by atoms with Crippen molar-refractivity contribution in [1.29, 1.82) is 0 Å². The van der Waals surface area contributed by atoms with Crippen LogP contribution in [0.1, 0.15) is 38.7 Å². The highest BCUT2D eigenvalue weighted by Crippen LogP contribution is 2.29. The molecule has 0 aliphatic heterocycles. The lowest BCUT2D eigenvalue weighted by Gasteiger charge is -2.30. The third kappa shape index (κ3) is 8.44. The van der Waals surface area contributed by atoms with Gasteiger partial charge >= 0.3 is 11.9 Å². The number of carboxylic acids is 2. The number of carbonyl (C=O) groups excluding carboxylic acids is 1. The molecule has 1 atom stereocenters. The quantitative estimate of drug-likeness (QED) is 0.141. The molecule has 0 unspecified atom stereocenters. The number of unbranched alkanes of at least 4 members (excludes halogenated alkanes) is 2. The van der Waals surface area contributed by atoms with Crippen molar-refractivity contribution < 1.29 is 42.5 Å². The summed E-state index contributed by atoms with van der Waals surface area (Å²) in [5.41, 5.74) is -1.60. The fourth-order valence-corrected chi connectivity index (χ4v) is 5.34. The summed E-state index contributed by atoms with van der Waals surface area (Å²) in [6, 6.07) is 17.5. The first kappa shape index (κ1) is 32.4. The third-order valence-corrected chi connectivity index (χ3v) is 8.00. The van der Waals surface area contributed by atoms with Gasteiger partial charge in [-0.25, -0.2) is 18.0 Å². The van der Waals surface area contributed by atoms with Crippen molar-refractivity contribution in [2.75, 3.05) is 6.54 Å². The molecule has 3 aromatic carbocycles. The van der Waals surface area contributed by atoms with Crippen LogP contribution in [0.15, 0.2) is 77.7 Å². The molecule has 0 spiro atoms. The minimum absolute atomic E-state index is 0.0987. The molecule has 0 aliphatic rings. The molecule has 3 rings (SSSR count). The first-order chi connectivity index (χ1) is 19.9. The number of carbonyl (C=O) groups is 3. The van der Waals surface area contributed by atoms with E-state index >= 15 is 0 Å². The number of nitrogens with one attached hydrogen (secondary N) is 2. The summed E-state index contributed by atoms with van der Waals surface area (Å²) in [6.07, 6.45) is 0.341. The van der Waals surface area contributed by atoms with Crippen LogP contribution in [0.5, 0.6) is 17.2 Å². The average molecular weight is 619 g/mol. The van der Waals surface area contributed by atoms with Gasteiger partial charge < -0.3 is 25.0 Å². The highest BCUT2D eigenvalue weighted by atomic mass is 35.5. The van der Waals surface area contributed by atoms with E-state index in [1.807, 2.05) is 6.92 Å². The molecule has 0 heterocycles. The Kier molecular flexibility index (Phi) is 10.9. The molecular formula is C29H31ClN2O9S. The SMILES string of the molecule is CCCCCNC(=O)[C@@](C)(NS(=O)(=O)c1ccc(Oc2ccc(Cl)cc2)cc1)c1ccc(OC(C(=O)O)C(=O)O)cc1. The molecule has 13 heteroatoms. The molecule has 0 aromatic heterocycles. The van der Waals surface area contributed by atoms with Crippen molar-refractivity contribution in [3.05, 3.63) is 83.4 Å². The zero-order chi connectivity index (χ0) is 30.9. The Morgan fingerprint density at radius 3 is 1.90 bits per heavy atom. The van der Waals surface area contributed by atoms with Crippen molar-refractivity contribution in [2.24, 2.45) is 0 Å². The van der Waals surface area contributed by atoms with Gasteiger partial charge in [0.1, 0.15) is 22.8 Å². The molecule has 0 bridgehead atoms. The maximum atomic E-state index is 13.5. The highest BCUT2D eigenvalue weighted by molar-refractivity contribution is 7.89. The van der Waals surface area contributed by atoms with Crippen molar-refractivity contribution in [1.82, 2.24) is 10.0 Å². The predicted octanol–water partition coefficient (Wildman–Crippen LogP) is 4.55. The summed E-state index contributed by atoms with van der Waals surface area (Å²) in [5.74, 6) is -3.22. The molecule has 3 aromatic rings. The van der Waals surface area contributed by atoms with Crippen LogP contribution in [0.25, 0.3) is 0 Å². The second-order valence-corrected chi connectivity index (χ2v) is 11.5. The lowest BCUT2D eigenvalue weighted by molar-refractivity contribution is -0.159. The van der Waals surface area contributed by atoms with Gasteiger partial charge in [-0.2, -0.15) is 4.72 Å². The van der Waals surface area contributed by atoms with Crippen molar-refractivity contribution in [3.8, 4) is 17.2 Å². The number of benzene rings is 3. The molecular weight excluding hydrogens is 588 g/mol. The van der Waals surface area contributed by atoms with Crippen molar-refractivity contribution in [2.45, 2.75) is 49.6 Å². The topological polar surface area (TPSA) is 168 Å². The Morgan fingerprint density at radius 1 is 0.857 bits per heavy atom. The van der Waals surface area contributed by atoms with E-state index in [1.54, 1.807) is 24.3 Å². The molecule has 0 saturated heterocycles. The predicted molar refractivity (Wildman–Crippen MR) is 154 cm³/mol. The number of aliphatic carboxylic acids is 2. The Bertz CT molecular complexity index is 1480. The van der Waals surface area contributed by atoms with E-state index in [9.17, 15) is 22.8 Å². The first-order valence-corrected chi connectivity index (χ1v) is 14.8. The monoisotopic (exact) mass is 618 g/mol. The van der Waals surface area contributed by atoms with Gasteiger partial charge in [-0.15, -0.1) is 0 Å². The molecule has 42 heavy (non-hydrogen) atoms. The summed E-state index contributed by atoms with van der Waals surface area (Å²) in [5, 5.41) is 21.4. The molecule has 0 saturated carbocycles. The number of hydrogen-bond acceptors (Lipinski definition) is 7. The summed E-state index contributed by atoms with van der Waals surface area (Å²) in [6.45, 7) is 3.72. The van der Waals surface area contributed by atoms with Gasteiger partial charge in [0.2, 0.25) is 15.9 Å². The van der Waals surface area contributed by atoms with Crippen LogP contribution < -0.4 is 19.5 Å². The molecule has 1 amide bonds. The van der Waals surface area contributed by atoms with Crippen molar-refractivity contribution >= 4 is 39.5 Å². The normalized spacial score (nSPS) is 12.8. The van der Waals surface area contributed by atoms with Gasteiger partial charge in [-0.1, -0.05) is 43.5 Å². The lowest BCUT2D eigenvalue weighted by Crippen LogP contribution is -2.54. The van der Waals surface area contributed by atoms with E-state index in [2.05, 4.69) is 10.0 Å². The minimum Gasteiger partial charge on any atom is -0.478 e. The number of hydrogen-bond donors (Lipinski definition) is 4. The second kappa shape index (κ2) is 14.2. The summed E-state index contributed by atoms with van der Waals surface area (Å²) >= 11 is 5.89. The zero-order valence-electron chi connectivity index (χ0n) is 22.9. The van der Waals surface area contributed by atoms with Crippen LogP contribution in [0.3, 0.4) is 0 Å². The van der Waals surface area contributed by atoms with E-state index in [-0.39, 0.29) is 16.2 Å². The number of ether oxygens (including phenoxy) is 2. The summed E-state index contributed by atoms with van der Waals surface area (Å²) in [4.78, 5) is 35.6. The molecule has 11 nitrogen and oxygen atoms in total. The van der Waals surface area contributed by atoms with Crippen molar-refractivity contribution in [3.63, 3.8) is 0 Å². The maximum Gasteiger partial charge on any atom is 0.356 e. The van der Waals surface area contributed by atoms with E-state index in [0.717, 1.165) is 12.8 Å². The molecule has 0 aliphatic carbocycles. The smallest absolute Gasteiger partial charge is 0.356 e. The highest BCUT2D eigenvalue weighted by Gasteiger charge is 2.40. The Hall–Kier alpha value is -4.13. The van der Waals surface area contributed by atoms with E-state index in [4.69, 9.17) is 31.3 Å². The van der Waals surface area contributed by atoms with Crippen LogP contribution in [0.2, 0.25) is 5.02 Å². The molecule has 0 fully saturated rings. The number of carboxylic acid groups (broad SMARTS) is 2. The Balaban J connectivity index is 1.87. The fourth-order valence-electron chi connectivity index (χ4n) is 3.85. The Labute approximate surface area is 248 Å². The largest absolute Gasteiger partial charge is 0.478 e. The maximum absolute atomic E-state index is 13.5. The first-order valence-electron chi connectivity index (χ1n) is 12.9. The van der Waals surface area contributed by atoms with Gasteiger partial charge in [0.15, 0.2) is 0 Å². The molecule has 224 valence electrons. The average Bonchev–Trinajstić information content (AvgIpc) is 2.95. The Morgan fingerprint density at radius 2 is 1.38 bits per heavy atom. The summed E-state index contributed by atoms with van der Waals surface area (Å²) < 4.78 is 40.2. The van der Waals surface area contributed by atoms with Gasteiger partial charge in [0, 0.05) is 11.6 Å². The molecule has 4 N–H and O–H groups in total. The minimum atomic E-state index is -4.26. The number of sulfonamides is 1. The van der Waals surface area contributed by atoms with Gasteiger partial charge in [-0.3, -0.25) is 4.79 Å². The van der Waals surface area contributed by atoms with Gasteiger partial charge in [0.25, 0.3) is 6.10 Å². The number of amides is 1. The van der Waals surface area contributed by atoms with Crippen LogP contribution in [0, 0.1) is 0 Å². The fraction of sp³-hybridized carbons (Fsp3) is 0.276. The third-order valence-electron chi connectivity index (χ3n) is 6.18. The van der Waals surface area contributed by atoms with Crippen LogP contribution in [-0.4, -0.2) is 49.1 Å². The molecule has 0 radical (unpaired) electrons. The van der Waals surface area contributed by atoms with E-state index < -0.39 is 39.5 Å². The summed E-state index contributed by atoms with van der Waals surface area (Å²) in [7, 11) is -4.26. The van der Waals surface area contributed by atoms with Gasteiger partial charge in [-0.05, 0) is 79.6 Å². The lowest BCUT2D eigenvalue weighted by atomic mass is 9.92. The van der Waals surface area contributed by atoms with Crippen LogP contribution in [-0.2, 0) is 29.9 Å². The van der Waals surface area contributed by atoms with Gasteiger partial charge in [0.05, 0.1) is 4.90 Å².